The highest BCUT2D eigenvalue weighted by Gasteiger charge is 2.54. The van der Waals surface area contributed by atoms with Gasteiger partial charge in [0.25, 0.3) is 0 Å². The number of benzene rings is 1. The van der Waals surface area contributed by atoms with E-state index in [0.717, 1.165) is 11.8 Å². The standard InChI is InChI=1S/C15H21FN2O/c1-19-9-6-7-12(13(16)8-9)15(18-17)14-10-4-2-3-5-11(10)14/h6-8,10-11,14-15,18H,2-5,17H2,1H3. The highest BCUT2D eigenvalue weighted by molar-refractivity contribution is 5.32. The van der Waals surface area contributed by atoms with E-state index in [1.165, 1.54) is 31.7 Å². The predicted octanol–water partition coefficient (Wildman–Crippen LogP) is 2.77. The van der Waals surface area contributed by atoms with Gasteiger partial charge in [0.2, 0.25) is 0 Å². The molecule has 0 amide bonds. The molecule has 2 aliphatic carbocycles. The number of rotatable bonds is 4. The second-order valence-corrected chi connectivity index (χ2v) is 5.72. The molecule has 3 atom stereocenters. The van der Waals surface area contributed by atoms with Crippen LogP contribution in [0.3, 0.4) is 0 Å². The number of halogens is 1. The van der Waals surface area contributed by atoms with Gasteiger partial charge >= 0.3 is 0 Å². The SMILES string of the molecule is COc1ccc(C(NN)C2C3CCCCC32)c(F)c1. The molecular formula is C15H21FN2O. The molecule has 0 aliphatic heterocycles. The van der Waals surface area contributed by atoms with Gasteiger partial charge in [-0.3, -0.25) is 11.3 Å². The first-order valence-corrected chi connectivity index (χ1v) is 7.06. The van der Waals surface area contributed by atoms with E-state index in [1.807, 2.05) is 0 Å². The van der Waals surface area contributed by atoms with Gasteiger partial charge in [0.15, 0.2) is 0 Å². The maximum absolute atomic E-state index is 14.2. The molecule has 3 unspecified atom stereocenters. The largest absolute Gasteiger partial charge is 0.497 e. The first-order valence-electron chi connectivity index (χ1n) is 7.06. The van der Waals surface area contributed by atoms with Crippen LogP contribution < -0.4 is 16.0 Å². The summed E-state index contributed by atoms with van der Waals surface area (Å²) in [7, 11) is 1.54. The summed E-state index contributed by atoms with van der Waals surface area (Å²) in [6.07, 6.45) is 5.15. The Morgan fingerprint density at radius 3 is 2.53 bits per heavy atom. The van der Waals surface area contributed by atoms with Gasteiger partial charge in [-0.05, 0) is 36.7 Å². The van der Waals surface area contributed by atoms with Crippen molar-refractivity contribution in [3.05, 3.63) is 29.6 Å². The number of methoxy groups -OCH3 is 1. The van der Waals surface area contributed by atoms with E-state index < -0.39 is 0 Å². The second kappa shape index (κ2) is 5.10. The van der Waals surface area contributed by atoms with Crippen LogP contribution in [0.15, 0.2) is 18.2 Å². The van der Waals surface area contributed by atoms with E-state index in [1.54, 1.807) is 19.2 Å². The van der Waals surface area contributed by atoms with Gasteiger partial charge in [0, 0.05) is 11.6 Å². The van der Waals surface area contributed by atoms with Crippen molar-refractivity contribution >= 4 is 0 Å². The van der Waals surface area contributed by atoms with E-state index >= 15 is 0 Å². The molecule has 2 fully saturated rings. The van der Waals surface area contributed by atoms with Crippen molar-refractivity contribution in [2.24, 2.45) is 23.6 Å². The van der Waals surface area contributed by atoms with Crippen molar-refractivity contribution in [2.45, 2.75) is 31.7 Å². The molecule has 1 aromatic carbocycles. The van der Waals surface area contributed by atoms with Crippen LogP contribution >= 0.6 is 0 Å². The number of hydrazine groups is 1. The number of hydrogen-bond donors (Lipinski definition) is 2. The molecule has 19 heavy (non-hydrogen) atoms. The van der Waals surface area contributed by atoms with Crippen molar-refractivity contribution in [2.75, 3.05) is 7.11 Å². The summed E-state index contributed by atoms with van der Waals surface area (Å²) < 4.78 is 19.2. The Balaban J connectivity index is 1.83. The minimum absolute atomic E-state index is 0.0704. The van der Waals surface area contributed by atoms with Crippen LogP contribution in [0.5, 0.6) is 5.75 Å². The van der Waals surface area contributed by atoms with Crippen LogP contribution in [-0.4, -0.2) is 7.11 Å². The van der Waals surface area contributed by atoms with Gasteiger partial charge in [-0.2, -0.15) is 0 Å². The number of ether oxygens (including phenoxy) is 1. The average Bonchev–Trinajstić information content (AvgIpc) is 3.16. The first kappa shape index (κ1) is 12.9. The van der Waals surface area contributed by atoms with E-state index in [0.29, 0.717) is 17.2 Å². The molecule has 0 aromatic heterocycles. The third-order valence-electron chi connectivity index (χ3n) is 4.83. The molecule has 4 heteroatoms. The molecule has 0 spiro atoms. The molecular weight excluding hydrogens is 243 g/mol. The highest BCUT2D eigenvalue weighted by atomic mass is 19.1. The molecule has 104 valence electrons. The van der Waals surface area contributed by atoms with Gasteiger partial charge in [-0.1, -0.05) is 18.9 Å². The van der Waals surface area contributed by atoms with Gasteiger partial charge in [-0.15, -0.1) is 0 Å². The summed E-state index contributed by atoms with van der Waals surface area (Å²) in [5.74, 6) is 7.97. The maximum atomic E-state index is 14.2. The topological polar surface area (TPSA) is 47.3 Å². The number of hydrogen-bond acceptors (Lipinski definition) is 3. The Morgan fingerprint density at radius 2 is 2.00 bits per heavy atom. The number of nitrogens with one attached hydrogen (secondary N) is 1. The summed E-state index contributed by atoms with van der Waals surface area (Å²) in [4.78, 5) is 0. The minimum Gasteiger partial charge on any atom is -0.497 e. The Bertz CT molecular complexity index is 453. The average molecular weight is 264 g/mol. The second-order valence-electron chi connectivity index (χ2n) is 5.72. The smallest absolute Gasteiger partial charge is 0.131 e. The number of nitrogens with two attached hydrogens (primary N) is 1. The van der Waals surface area contributed by atoms with Crippen LogP contribution in [0.4, 0.5) is 4.39 Å². The van der Waals surface area contributed by atoms with Crippen LogP contribution in [0.1, 0.15) is 37.3 Å². The predicted molar refractivity (Wildman–Crippen MR) is 72.0 cm³/mol. The third kappa shape index (κ3) is 2.23. The van der Waals surface area contributed by atoms with Crippen molar-refractivity contribution in [3.8, 4) is 5.75 Å². The molecule has 3 rings (SSSR count). The first-order chi connectivity index (χ1) is 9.26. The Morgan fingerprint density at radius 1 is 1.32 bits per heavy atom. The van der Waals surface area contributed by atoms with Crippen molar-refractivity contribution < 1.29 is 9.13 Å². The zero-order valence-corrected chi connectivity index (χ0v) is 11.2. The molecule has 3 N–H and O–H groups in total. The lowest BCUT2D eigenvalue weighted by molar-refractivity contribution is 0.404. The van der Waals surface area contributed by atoms with E-state index in [-0.39, 0.29) is 11.9 Å². The van der Waals surface area contributed by atoms with E-state index in [9.17, 15) is 4.39 Å². The lowest BCUT2D eigenvalue weighted by Crippen LogP contribution is -2.31. The van der Waals surface area contributed by atoms with Crippen molar-refractivity contribution in [1.29, 1.82) is 0 Å². The summed E-state index contributed by atoms with van der Waals surface area (Å²) in [6, 6.07) is 4.96. The molecule has 0 bridgehead atoms. The van der Waals surface area contributed by atoms with Crippen LogP contribution in [-0.2, 0) is 0 Å². The molecule has 0 radical (unpaired) electrons. The van der Waals surface area contributed by atoms with Crippen molar-refractivity contribution in [3.63, 3.8) is 0 Å². The summed E-state index contributed by atoms with van der Waals surface area (Å²) >= 11 is 0. The molecule has 3 nitrogen and oxygen atoms in total. The lowest BCUT2D eigenvalue weighted by atomic mass is 9.99. The third-order valence-corrected chi connectivity index (χ3v) is 4.83. The van der Waals surface area contributed by atoms with Gasteiger partial charge < -0.3 is 4.74 Å². The normalized spacial score (nSPS) is 30.6. The molecule has 2 aliphatic rings. The van der Waals surface area contributed by atoms with Crippen LogP contribution in [0.2, 0.25) is 0 Å². The minimum atomic E-state index is -0.231. The van der Waals surface area contributed by atoms with E-state index in [2.05, 4.69) is 5.43 Å². The summed E-state index contributed by atoms with van der Waals surface area (Å²) in [6.45, 7) is 0. The van der Waals surface area contributed by atoms with Crippen molar-refractivity contribution in [1.82, 2.24) is 5.43 Å². The highest BCUT2D eigenvalue weighted by Crippen LogP contribution is 2.60. The Kier molecular flexibility index (Phi) is 3.46. The van der Waals surface area contributed by atoms with Gasteiger partial charge in [0.05, 0.1) is 13.2 Å². The van der Waals surface area contributed by atoms with Gasteiger partial charge in [0.1, 0.15) is 11.6 Å². The van der Waals surface area contributed by atoms with Crippen LogP contribution in [0.25, 0.3) is 0 Å². The zero-order chi connectivity index (χ0) is 13.4. The maximum Gasteiger partial charge on any atom is 0.131 e. The molecule has 2 saturated carbocycles. The zero-order valence-electron chi connectivity index (χ0n) is 11.2. The Hall–Kier alpha value is -1.13. The molecule has 0 saturated heterocycles. The van der Waals surface area contributed by atoms with Crippen LogP contribution in [0, 0.1) is 23.6 Å². The monoisotopic (exact) mass is 264 g/mol. The number of fused-ring (bicyclic) bond motifs is 1. The quantitative estimate of drug-likeness (QED) is 0.649. The fraction of sp³-hybridized carbons (Fsp3) is 0.600. The van der Waals surface area contributed by atoms with E-state index in [4.69, 9.17) is 10.6 Å². The summed E-state index contributed by atoms with van der Waals surface area (Å²) in [5, 5.41) is 0. The lowest BCUT2D eigenvalue weighted by Gasteiger charge is -2.18. The summed E-state index contributed by atoms with van der Waals surface area (Å²) in [5.41, 5.74) is 3.50. The fourth-order valence-electron chi connectivity index (χ4n) is 3.84. The van der Waals surface area contributed by atoms with Gasteiger partial charge in [-0.25, -0.2) is 4.39 Å². The molecule has 1 aromatic rings. The Labute approximate surface area is 113 Å². The molecule has 0 heterocycles. The fourth-order valence-corrected chi connectivity index (χ4v) is 3.84.